The molecule has 1 aromatic heterocycles. The smallest absolute Gasteiger partial charge is 0.335 e. The predicted octanol–water partition coefficient (Wildman–Crippen LogP) is 2.61. The van der Waals surface area contributed by atoms with Gasteiger partial charge in [-0.2, -0.15) is 0 Å². The van der Waals surface area contributed by atoms with E-state index in [1.807, 2.05) is 0 Å². The van der Waals surface area contributed by atoms with Gasteiger partial charge < -0.3 is 9.84 Å². The van der Waals surface area contributed by atoms with E-state index in [1.54, 1.807) is 0 Å². The van der Waals surface area contributed by atoms with Crippen LogP contribution < -0.4 is 4.74 Å². The quantitative estimate of drug-likeness (QED) is 0.805. The molecule has 0 amide bonds. The van der Waals surface area contributed by atoms with Crippen molar-refractivity contribution in [1.29, 1.82) is 0 Å². The second-order valence-corrected chi connectivity index (χ2v) is 4.29. The summed E-state index contributed by atoms with van der Waals surface area (Å²) < 4.78 is 5.37. The molecule has 0 spiro atoms. The molecule has 1 aromatic rings. The van der Waals surface area contributed by atoms with Crippen LogP contribution in [-0.4, -0.2) is 22.7 Å². The van der Waals surface area contributed by atoms with Crippen LogP contribution in [0.1, 0.15) is 29.6 Å². The van der Waals surface area contributed by atoms with Crippen LogP contribution in [0.15, 0.2) is 12.1 Å². The molecule has 1 saturated carbocycles. The van der Waals surface area contributed by atoms with Crippen LogP contribution in [0.3, 0.4) is 0 Å². The fraction of sp³-hybridized carbons (Fsp3) is 0.455. The number of aromatic carboxylic acids is 1. The number of aromatic nitrogens is 1. The summed E-state index contributed by atoms with van der Waals surface area (Å²) in [7, 11) is 0. The summed E-state index contributed by atoms with van der Waals surface area (Å²) in [5.41, 5.74) is 0.0985. The maximum Gasteiger partial charge on any atom is 0.335 e. The molecule has 1 N–H and O–H groups in total. The summed E-state index contributed by atoms with van der Waals surface area (Å²) in [4.78, 5) is 14.7. The SMILES string of the molecule is O=C(O)c1cc(Cl)nc(OCCC2CC2)c1. The Hall–Kier alpha value is -1.29. The van der Waals surface area contributed by atoms with Gasteiger partial charge in [0.25, 0.3) is 0 Å². The summed E-state index contributed by atoms with van der Waals surface area (Å²) in [6, 6.07) is 2.69. The molecule has 0 bridgehead atoms. The van der Waals surface area contributed by atoms with Crippen LogP contribution >= 0.6 is 11.6 Å². The van der Waals surface area contributed by atoms with Crippen LogP contribution in [0.5, 0.6) is 5.88 Å². The van der Waals surface area contributed by atoms with Gasteiger partial charge in [-0.05, 0) is 18.4 Å². The molecule has 4 nitrogen and oxygen atoms in total. The van der Waals surface area contributed by atoms with Gasteiger partial charge in [0.15, 0.2) is 0 Å². The van der Waals surface area contributed by atoms with E-state index in [4.69, 9.17) is 21.4 Å². The van der Waals surface area contributed by atoms with Gasteiger partial charge >= 0.3 is 5.97 Å². The molecule has 1 aliphatic carbocycles. The predicted molar refractivity (Wildman–Crippen MR) is 59.0 cm³/mol. The van der Waals surface area contributed by atoms with Crippen molar-refractivity contribution in [3.8, 4) is 5.88 Å². The lowest BCUT2D eigenvalue weighted by Crippen LogP contribution is -2.03. The standard InChI is InChI=1S/C11H12ClNO3/c12-9-5-8(11(14)15)6-10(13-9)16-4-3-7-1-2-7/h5-7H,1-4H2,(H,14,15). The molecule has 0 saturated heterocycles. The van der Waals surface area contributed by atoms with Gasteiger partial charge in [0.1, 0.15) is 5.15 Å². The summed E-state index contributed by atoms with van der Waals surface area (Å²) in [5, 5.41) is 8.96. The van der Waals surface area contributed by atoms with Gasteiger partial charge in [-0.15, -0.1) is 0 Å². The highest BCUT2D eigenvalue weighted by Gasteiger charge is 2.20. The number of pyridine rings is 1. The molecule has 0 atom stereocenters. The van der Waals surface area contributed by atoms with Crippen LogP contribution in [-0.2, 0) is 0 Å². The minimum atomic E-state index is -1.03. The number of hydrogen-bond donors (Lipinski definition) is 1. The zero-order chi connectivity index (χ0) is 11.5. The number of rotatable bonds is 5. The lowest BCUT2D eigenvalue weighted by Gasteiger charge is -2.05. The lowest BCUT2D eigenvalue weighted by molar-refractivity contribution is 0.0696. The van der Waals surface area contributed by atoms with E-state index in [2.05, 4.69) is 4.98 Å². The molecule has 1 fully saturated rings. The van der Waals surface area contributed by atoms with Gasteiger partial charge in [-0.1, -0.05) is 24.4 Å². The van der Waals surface area contributed by atoms with Crippen molar-refractivity contribution in [3.63, 3.8) is 0 Å². The average molecular weight is 242 g/mol. The van der Waals surface area contributed by atoms with Crippen LogP contribution in [0.2, 0.25) is 5.15 Å². The van der Waals surface area contributed by atoms with Crippen molar-refractivity contribution >= 4 is 17.6 Å². The van der Waals surface area contributed by atoms with Gasteiger partial charge in [-0.3, -0.25) is 0 Å². The normalized spacial score (nSPS) is 14.8. The molecule has 1 heterocycles. The number of carboxylic acids is 1. The number of hydrogen-bond acceptors (Lipinski definition) is 3. The third kappa shape index (κ3) is 3.10. The van der Waals surface area contributed by atoms with Crippen LogP contribution in [0, 0.1) is 5.92 Å². The van der Waals surface area contributed by atoms with Gasteiger partial charge in [0, 0.05) is 6.07 Å². The fourth-order valence-corrected chi connectivity index (χ4v) is 1.61. The third-order valence-electron chi connectivity index (χ3n) is 2.49. The van der Waals surface area contributed by atoms with E-state index in [-0.39, 0.29) is 16.6 Å². The van der Waals surface area contributed by atoms with Crippen LogP contribution in [0.4, 0.5) is 0 Å². The Bertz CT molecular complexity index is 404. The molecule has 1 aliphatic rings. The summed E-state index contributed by atoms with van der Waals surface area (Å²) >= 11 is 5.69. The number of carbonyl (C=O) groups is 1. The first-order valence-electron chi connectivity index (χ1n) is 5.19. The fourth-order valence-electron chi connectivity index (χ4n) is 1.41. The number of carboxylic acid groups (broad SMARTS) is 1. The van der Waals surface area contributed by atoms with Gasteiger partial charge in [-0.25, -0.2) is 9.78 Å². The van der Waals surface area contributed by atoms with Gasteiger partial charge in [0.05, 0.1) is 12.2 Å². The molecule has 0 radical (unpaired) electrons. The van der Waals surface area contributed by atoms with E-state index in [0.29, 0.717) is 6.61 Å². The summed E-state index contributed by atoms with van der Waals surface area (Å²) in [6.07, 6.45) is 3.54. The third-order valence-corrected chi connectivity index (χ3v) is 2.68. The lowest BCUT2D eigenvalue weighted by atomic mass is 10.3. The molecule has 86 valence electrons. The van der Waals surface area contributed by atoms with E-state index in [9.17, 15) is 4.79 Å². The Balaban J connectivity index is 1.98. The first kappa shape index (κ1) is 11.2. The Labute approximate surface area is 98.2 Å². The van der Waals surface area contributed by atoms with Crippen molar-refractivity contribution in [3.05, 3.63) is 22.8 Å². The second-order valence-electron chi connectivity index (χ2n) is 3.90. The number of nitrogens with zero attached hydrogens (tertiary/aromatic N) is 1. The molecule has 2 rings (SSSR count). The summed E-state index contributed by atoms with van der Waals surface area (Å²) in [6.45, 7) is 0.567. The zero-order valence-electron chi connectivity index (χ0n) is 8.65. The minimum absolute atomic E-state index is 0.0985. The minimum Gasteiger partial charge on any atom is -0.478 e. The Morgan fingerprint density at radius 1 is 1.56 bits per heavy atom. The Kier molecular flexibility index (Phi) is 3.29. The molecule has 0 aliphatic heterocycles. The maximum absolute atomic E-state index is 10.8. The Morgan fingerprint density at radius 3 is 2.94 bits per heavy atom. The number of halogens is 1. The summed E-state index contributed by atoms with van der Waals surface area (Å²) in [5.74, 6) is 0.0278. The van der Waals surface area contributed by atoms with Crippen LogP contribution in [0.25, 0.3) is 0 Å². The Morgan fingerprint density at radius 2 is 2.31 bits per heavy atom. The highest BCUT2D eigenvalue weighted by molar-refractivity contribution is 6.29. The maximum atomic E-state index is 10.8. The van der Waals surface area contributed by atoms with Crippen molar-refractivity contribution < 1.29 is 14.6 Å². The highest BCUT2D eigenvalue weighted by atomic mass is 35.5. The topological polar surface area (TPSA) is 59.4 Å². The molecule has 16 heavy (non-hydrogen) atoms. The van der Waals surface area contributed by atoms with E-state index in [1.165, 1.54) is 25.0 Å². The van der Waals surface area contributed by atoms with Crippen molar-refractivity contribution in [2.24, 2.45) is 5.92 Å². The molecule has 0 unspecified atom stereocenters. The molecular weight excluding hydrogens is 230 g/mol. The highest BCUT2D eigenvalue weighted by Crippen LogP contribution is 2.32. The first-order valence-corrected chi connectivity index (χ1v) is 5.56. The molecule has 5 heteroatoms. The van der Waals surface area contributed by atoms with E-state index in [0.717, 1.165) is 12.3 Å². The zero-order valence-corrected chi connectivity index (χ0v) is 9.41. The van der Waals surface area contributed by atoms with Crippen molar-refractivity contribution in [2.75, 3.05) is 6.61 Å². The monoisotopic (exact) mass is 241 g/mol. The molecule has 0 aromatic carbocycles. The molecular formula is C11H12ClNO3. The number of ether oxygens (including phenoxy) is 1. The van der Waals surface area contributed by atoms with E-state index >= 15 is 0 Å². The largest absolute Gasteiger partial charge is 0.478 e. The van der Waals surface area contributed by atoms with E-state index < -0.39 is 5.97 Å². The average Bonchev–Trinajstić information content (AvgIpc) is 3.01. The van der Waals surface area contributed by atoms with Crippen molar-refractivity contribution in [2.45, 2.75) is 19.3 Å². The first-order chi connectivity index (χ1) is 7.65. The second kappa shape index (κ2) is 4.70. The van der Waals surface area contributed by atoms with Crippen molar-refractivity contribution in [1.82, 2.24) is 4.98 Å². The van der Waals surface area contributed by atoms with Gasteiger partial charge in [0.2, 0.25) is 5.88 Å².